The third-order valence-corrected chi connectivity index (χ3v) is 3.39. The van der Waals surface area contributed by atoms with Crippen LogP contribution in [0.25, 0.3) is 10.9 Å². The number of hydrogen-bond donors (Lipinski definition) is 2. The smallest absolute Gasteiger partial charge is 0.278 e. The maximum absolute atomic E-state index is 12.7. The Bertz CT molecular complexity index is 900. The summed E-state index contributed by atoms with van der Waals surface area (Å²) in [6.07, 6.45) is 1.53. The van der Waals surface area contributed by atoms with Gasteiger partial charge in [0.15, 0.2) is 5.82 Å². The summed E-state index contributed by atoms with van der Waals surface area (Å²) in [5.74, 6) is -0.153. The van der Waals surface area contributed by atoms with Crippen LogP contribution in [0.4, 0.5) is 5.82 Å². The van der Waals surface area contributed by atoms with E-state index in [9.17, 15) is 9.59 Å². The lowest BCUT2D eigenvalue weighted by Crippen LogP contribution is -2.20. The van der Waals surface area contributed by atoms with Crippen molar-refractivity contribution in [3.8, 4) is 0 Å². The zero-order valence-corrected chi connectivity index (χ0v) is 12.5. The molecule has 0 atom stereocenters. The summed E-state index contributed by atoms with van der Waals surface area (Å²) in [5, 5.41) is 7.50. The van der Waals surface area contributed by atoms with Gasteiger partial charge in [0.1, 0.15) is 0 Å². The maximum atomic E-state index is 12.7. The number of nitrogens with two attached hydrogens (primary N) is 1. The van der Waals surface area contributed by atoms with Crippen molar-refractivity contribution in [2.75, 3.05) is 5.73 Å². The van der Waals surface area contributed by atoms with Crippen LogP contribution < -0.4 is 11.1 Å². The van der Waals surface area contributed by atoms with E-state index in [0.29, 0.717) is 22.6 Å². The molecule has 116 valence electrons. The Kier molecular flexibility index (Phi) is 3.76. The van der Waals surface area contributed by atoms with Crippen LogP contribution in [0.5, 0.6) is 0 Å². The van der Waals surface area contributed by atoms with Gasteiger partial charge in [-0.15, -0.1) is 5.10 Å². The van der Waals surface area contributed by atoms with Crippen LogP contribution in [0.3, 0.4) is 0 Å². The highest BCUT2D eigenvalue weighted by Crippen LogP contribution is 2.20. The SMILES string of the molecule is CC(=O)NCc1cc(C(=O)n2nc(N)c3ccccc32)ccn1. The molecule has 0 fully saturated rings. The fourth-order valence-electron chi connectivity index (χ4n) is 2.29. The molecule has 7 heteroatoms. The second kappa shape index (κ2) is 5.88. The van der Waals surface area contributed by atoms with E-state index in [0.717, 1.165) is 5.39 Å². The monoisotopic (exact) mass is 309 g/mol. The third-order valence-electron chi connectivity index (χ3n) is 3.39. The molecular weight excluding hydrogens is 294 g/mol. The number of pyridine rings is 1. The highest BCUT2D eigenvalue weighted by atomic mass is 16.2. The number of hydrogen-bond acceptors (Lipinski definition) is 5. The largest absolute Gasteiger partial charge is 0.382 e. The molecule has 0 aliphatic rings. The molecule has 0 saturated carbocycles. The molecule has 3 rings (SSSR count). The van der Waals surface area contributed by atoms with E-state index >= 15 is 0 Å². The number of aromatic nitrogens is 3. The Labute approximate surface area is 132 Å². The lowest BCUT2D eigenvalue weighted by molar-refractivity contribution is -0.119. The number of carbonyl (C=O) groups excluding carboxylic acids is 2. The minimum absolute atomic E-state index is 0.158. The average molecular weight is 309 g/mol. The summed E-state index contributed by atoms with van der Waals surface area (Å²) >= 11 is 0. The number of para-hydroxylation sites is 1. The third kappa shape index (κ3) is 2.89. The molecule has 3 N–H and O–H groups in total. The minimum Gasteiger partial charge on any atom is -0.382 e. The van der Waals surface area contributed by atoms with E-state index in [2.05, 4.69) is 15.4 Å². The molecule has 0 aliphatic heterocycles. The van der Waals surface area contributed by atoms with Gasteiger partial charge in [-0.3, -0.25) is 14.6 Å². The van der Waals surface area contributed by atoms with Crippen LogP contribution in [0.1, 0.15) is 23.0 Å². The standard InChI is InChI=1S/C16H15N5O2/c1-10(22)19-9-12-8-11(6-7-18-12)16(23)21-14-5-3-2-4-13(14)15(17)20-21/h2-8H,9H2,1H3,(H2,17,20)(H,19,22). The lowest BCUT2D eigenvalue weighted by Gasteiger charge is -2.05. The number of carbonyl (C=O) groups is 2. The van der Waals surface area contributed by atoms with Gasteiger partial charge in [0.05, 0.1) is 17.8 Å². The number of anilines is 1. The molecule has 0 aliphatic carbocycles. The topological polar surface area (TPSA) is 103 Å². The zero-order chi connectivity index (χ0) is 16.4. The second-order valence-electron chi connectivity index (χ2n) is 5.06. The second-order valence-corrected chi connectivity index (χ2v) is 5.06. The van der Waals surface area contributed by atoms with Gasteiger partial charge in [0.25, 0.3) is 5.91 Å². The fourth-order valence-corrected chi connectivity index (χ4v) is 2.29. The Balaban J connectivity index is 1.96. The first-order valence-electron chi connectivity index (χ1n) is 7.03. The van der Waals surface area contributed by atoms with Crippen molar-refractivity contribution in [3.05, 3.63) is 53.9 Å². The molecule has 0 radical (unpaired) electrons. The zero-order valence-electron chi connectivity index (χ0n) is 12.5. The molecule has 0 spiro atoms. The molecule has 0 saturated heterocycles. The summed E-state index contributed by atoms with van der Waals surface area (Å²) < 4.78 is 1.28. The van der Waals surface area contributed by atoms with Crippen LogP contribution in [-0.2, 0) is 11.3 Å². The molecule has 2 aromatic heterocycles. The summed E-state index contributed by atoms with van der Waals surface area (Å²) in [5.41, 5.74) is 7.53. The van der Waals surface area contributed by atoms with Gasteiger partial charge >= 0.3 is 0 Å². The van der Waals surface area contributed by atoms with Crippen molar-refractivity contribution in [3.63, 3.8) is 0 Å². The van der Waals surface area contributed by atoms with Crippen LogP contribution in [0.2, 0.25) is 0 Å². The van der Waals surface area contributed by atoms with Gasteiger partial charge in [0, 0.05) is 24.1 Å². The summed E-state index contributed by atoms with van der Waals surface area (Å²) in [4.78, 5) is 27.8. The van der Waals surface area contributed by atoms with Crippen LogP contribution >= 0.6 is 0 Å². The first-order chi connectivity index (χ1) is 11.1. The highest BCUT2D eigenvalue weighted by molar-refractivity contribution is 6.03. The van der Waals surface area contributed by atoms with Gasteiger partial charge in [0.2, 0.25) is 5.91 Å². The van der Waals surface area contributed by atoms with Crippen molar-refractivity contribution in [1.29, 1.82) is 0 Å². The summed E-state index contributed by atoms with van der Waals surface area (Å²) in [6.45, 7) is 1.69. The normalized spacial score (nSPS) is 10.7. The van der Waals surface area contributed by atoms with Gasteiger partial charge in [-0.2, -0.15) is 4.68 Å². The van der Waals surface area contributed by atoms with Crippen LogP contribution in [-0.4, -0.2) is 26.6 Å². The minimum atomic E-state index is -0.302. The molecule has 1 amide bonds. The van der Waals surface area contributed by atoms with E-state index in [4.69, 9.17) is 5.73 Å². The Morgan fingerprint density at radius 1 is 1.26 bits per heavy atom. The quantitative estimate of drug-likeness (QED) is 0.760. The van der Waals surface area contributed by atoms with E-state index in [1.165, 1.54) is 17.8 Å². The number of amides is 1. The van der Waals surface area contributed by atoms with Crippen molar-refractivity contribution < 1.29 is 9.59 Å². The van der Waals surface area contributed by atoms with Crippen molar-refractivity contribution in [1.82, 2.24) is 20.1 Å². The van der Waals surface area contributed by atoms with E-state index < -0.39 is 0 Å². The number of benzene rings is 1. The fraction of sp³-hybridized carbons (Fsp3) is 0.125. The van der Waals surface area contributed by atoms with E-state index in [1.54, 1.807) is 18.2 Å². The van der Waals surface area contributed by atoms with Crippen molar-refractivity contribution >= 4 is 28.5 Å². The maximum Gasteiger partial charge on any atom is 0.278 e. The summed E-state index contributed by atoms with van der Waals surface area (Å²) in [7, 11) is 0. The summed E-state index contributed by atoms with van der Waals surface area (Å²) in [6, 6.07) is 10.5. The Hall–Kier alpha value is -3.22. The molecule has 2 heterocycles. The van der Waals surface area contributed by atoms with Gasteiger partial charge < -0.3 is 11.1 Å². The first-order valence-corrected chi connectivity index (χ1v) is 7.03. The predicted octanol–water partition coefficient (Wildman–Crippen LogP) is 1.34. The lowest BCUT2D eigenvalue weighted by atomic mass is 10.2. The number of nitrogens with one attached hydrogen (secondary N) is 1. The van der Waals surface area contributed by atoms with Crippen molar-refractivity contribution in [2.45, 2.75) is 13.5 Å². The molecule has 7 nitrogen and oxygen atoms in total. The molecule has 0 unspecified atom stereocenters. The molecule has 1 aromatic carbocycles. The molecule has 23 heavy (non-hydrogen) atoms. The number of nitrogens with zero attached hydrogens (tertiary/aromatic N) is 3. The number of fused-ring (bicyclic) bond motifs is 1. The van der Waals surface area contributed by atoms with E-state index in [-0.39, 0.29) is 18.4 Å². The molecular formula is C16H15N5O2. The van der Waals surface area contributed by atoms with Gasteiger partial charge in [-0.1, -0.05) is 12.1 Å². The number of rotatable bonds is 3. The highest BCUT2D eigenvalue weighted by Gasteiger charge is 2.16. The van der Waals surface area contributed by atoms with Gasteiger partial charge in [-0.05, 0) is 24.3 Å². The van der Waals surface area contributed by atoms with Crippen LogP contribution in [0, 0.1) is 0 Å². The van der Waals surface area contributed by atoms with E-state index in [1.807, 2.05) is 18.2 Å². The Morgan fingerprint density at radius 2 is 2.04 bits per heavy atom. The molecule has 0 bridgehead atoms. The van der Waals surface area contributed by atoms with Crippen LogP contribution in [0.15, 0.2) is 42.6 Å². The predicted molar refractivity (Wildman–Crippen MR) is 85.6 cm³/mol. The molecule has 3 aromatic rings. The first kappa shape index (κ1) is 14.7. The van der Waals surface area contributed by atoms with Crippen molar-refractivity contribution in [2.24, 2.45) is 0 Å². The van der Waals surface area contributed by atoms with Gasteiger partial charge in [-0.25, -0.2) is 0 Å². The number of nitrogen functional groups attached to an aromatic ring is 1. The average Bonchev–Trinajstić information content (AvgIpc) is 2.90. The Morgan fingerprint density at radius 3 is 2.83 bits per heavy atom.